The van der Waals surface area contributed by atoms with Gasteiger partial charge < -0.3 is 20.5 Å². The number of amides is 1. The van der Waals surface area contributed by atoms with E-state index in [4.69, 9.17) is 4.74 Å². The summed E-state index contributed by atoms with van der Waals surface area (Å²) in [5.41, 5.74) is 1.84. The lowest BCUT2D eigenvalue weighted by molar-refractivity contribution is -0.112. The van der Waals surface area contributed by atoms with E-state index in [1.807, 2.05) is 36.4 Å². The molecule has 0 aliphatic carbocycles. The molecule has 3 N–H and O–H groups in total. The minimum absolute atomic E-state index is 0.0814. The smallest absolute Gasteiger partial charge is 0.267 e. The molecule has 0 aromatic heterocycles. The molecule has 1 amide bonds. The van der Waals surface area contributed by atoms with E-state index in [-0.39, 0.29) is 11.3 Å². The van der Waals surface area contributed by atoms with Crippen molar-refractivity contribution in [1.82, 2.24) is 0 Å². The number of carbonyl (C=O) groups excluding carboxylic acids is 1. The third-order valence-corrected chi connectivity index (χ3v) is 4.04. The van der Waals surface area contributed by atoms with Crippen LogP contribution >= 0.6 is 0 Å². The Hall–Kier alpha value is -4.24. The molecule has 3 aromatic carbocycles. The summed E-state index contributed by atoms with van der Waals surface area (Å²) in [6.07, 6.45) is 1.35. The molecule has 0 unspecified atom stereocenters. The maximum absolute atomic E-state index is 12.3. The van der Waals surface area contributed by atoms with Gasteiger partial charge in [-0.3, -0.25) is 4.79 Å². The van der Waals surface area contributed by atoms with Crippen molar-refractivity contribution in [2.75, 3.05) is 10.6 Å². The fourth-order valence-electron chi connectivity index (χ4n) is 2.53. The molecule has 3 aromatic rings. The van der Waals surface area contributed by atoms with Crippen LogP contribution in [0.3, 0.4) is 0 Å². The molecule has 0 aliphatic rings. The van der Waals surface area contributed by atoms with Crippen molar-refractivity contribution in [3.05, 3.63) is 90.1 Å². The molecule has 0 bridgehead atoms. The number of para-hydroxylation sites is 1. The van der Waals surface area contributed by atoms with Crippen LogP contribution in [0.5, 0.6) is 17.2 Å². The summed E-state index contributed by atoms with van der Waals surface area (Å²) >= 11 is 0. The van der Waals surface area contributed by atoms with Crippen LogP contribution in [0, 0.1) is 18.3 Å². The standard InChI is InChI=1S/C23H19N3O3/c1-16-13-19(27)9-12-22(16)26-23(28)17(14-24)15-25-18-7-10-21(11-8-18)29-20-5-3-2-4-6-20/h2-13,15,25,27H,1H3,(H,26,28)/b17-15-. The normalized spacial score (nSPS) is 10.7. The average molecular weight is 385 g/mol. The molecule has 0 aliphatic heterocycles. The van der Waals surface area contributed by atoms with Crippen molar-refractivity contribution in [3.8, 4) is 23.3 Å². The number of aryl methyl sites for hydroxylation is 1. The molecule has 0 atom stereocenters. The first-order valence-corrected chi connectivity index (χ1v) is 8.86. The Labute approximate surface area is 168 Å². The van der Waals surface area contributed by atoms with Crippen LogP contribution in [0.4, 0.5) is 11.4 Å². The summed E-state index contributed by atoms with van der Waals surface area (Å²) in [6.45, 7) is 1.75. The number of nitrogens with zero attached hydrogens (tertiary/aromatic N) is 1. The number of rotatable bonds is 6. The zero-order chi connectivity index (χ0) is 20.6. The molecule has 6 nitrogen and oxygen atoms in total. The van der Waals surface area contributed by atoms with Crippen LogP contribution in [-0.2, 0) is 4.79 Å². The highest BCUT2D eigenvalue weighted by atomic mass is 16.5. The van der Waals surface area contributed by atoms with Gasteiger partial charge in [-0.25, -0.2) is 0 Å². The Balaban J connectivity index is 1.63. The van der Waals surface area contributed by atoms with Crippen LogP contribution < -0.4 is 15.4 Å². The van der Waals surface area contributed by atoms with Gasteiger partial charge in [-0.1, -0.05) is 18.2 Å². The highest BCUT2D eigenvalue weighted by Gasteiger charge is 2.11. The van der Waals surface area contributed by atoms with Gasteiger partial charge in [-0.15, -0.1) is 0 Å². The Morgan fingerprint density at radius 2 is 1.72 bits per heavy atom. The molecule has 0 heterocycles. The van der Waals surface area contributed by atoms with Crippen LogP contribution in [-0.4, -0.2) is 11.0 Å². The van der Waals surface area contributed by atoms with Gasteiger partial charge in [0.1, 0.15) is 28.9 Å². The first-order valence-electron chi connectivity index (χ1n) is 8.86. The highest BCUT2D eigenvalue weighted by molar-refractivity contribution is 6.07. The lowest BCUT2D eigenvalue weighted by atomic mass is 10.2. The first kappa shape index (κ1) is 19.5. The number of carbonyl (C=O) groups is 1. The maximum Gasteiger partial charge on any atom is 0.267 e. The topological polar surface area (TPSA) is 94.4 Å². The molecule has 0 saturated heterocycles. The summed E-state index contributed by atoms with van der Waals surface area (Å²) in [4.78, 5) is 12.3. The number of phenolic OH excluding ortho intramolecular Hbond substituents is 1. The summed E-state index contributed by atoms with van der Waals surface area (Å²) < 4.78 is 5.73. The van der Waals surface area contributed by atoms with Gasteiger partial charge in [0.2, 0.25) is 0 Å². The van der Waals surface area contributed by atoms with Crippen molar-refractivity contribution >= 4 is 17.3 Å². The Kier molecular flexibility index (Phi) is 6.13. The van der Waals surface area contributed by atoms with Crippen LogP contribution in [0.2, 0.25) is 0 Å². The summed E-state index contributed by atoms with van der Waals surface area (Å²) in [6, 6.07) is 23.0. The van der Waals surface area contributed by atoms with E-state index in [1.54, 1.807) is 37.3 Å². The Morgan fingerprint density at radius 3 is 2.38 bits per heavy atom. The number of aromatic hydroxyl groups is 1. The van der Waals surface area contributed by atoms with Gasteiger partial charge in [0, 0.05) is 17.6 Å². The molecular formula is C23H19N3O3. The van der Waals surface area contributed by atoms with Crippen molar-refractivity contribution in [2.24, 2.45) is 0 Å². The Morgan fingerprint density at radius 1 is 1.03 bits per heavy atom. The minimum Gasteiger partial charge on any atom is -0.508 e. The second-order valence-electron chi connectivity index (χ2n) is 6.21. The largest absolute Gasteiger partial charge is 0.508 e. The molecule has 6 heteroatoms. The summed E-state index contributed by atoms with van der Waals surface area (Å²) in [7, 11) is 0. The minimum atomic E-state index is -0.544. The van der Waals surface area contributed by atoms with Crippen molar-refractivity contribution in [3.63, 3.8) is 0 Å². The van der Waals surface area contributed by atoms with E-state index in [9.17, 15) is 15.2 Å². The van der Waals surface area contributed by atoms with E-state index in [1.165, 1.54) is 18.3 Å². The van der Waals surface area contributed by atoms with Crippen LogP contribution in [0.25, 0.3) is 0 Å². The molecule has 0 radical (unpaired) electrons. The van der Waals surface area contributed by atoms with E-state index in [0.29, 0.717) is 22.7 Å². The number of nitriles is 1. The van der Waals surface area contributed by atoms with Crippen molar-refractivity contribution in [2.45, 2.75) is 6.92 Å². The number of anilines is 2. The van der Waals surface area contributed by atoms with Crippen molar-refractivity contribution in [1.29, 1.82) is 5.26 Å². The molecule has 0 spiro atoms. The zero-order valence-electron chi connectivity index (χ0n) is 15.7. The number of hydrogen-bond acceptors (Lipinski definition) is 5. The van der Waals surface area contributed by atoms with Gasteiger partial charge in [0.25, 0.3) is 5.91 Å². The lowest BCUT2D eigenvalue weighted by Crippen LogP contribution is -2.15. The summed E-state index contributed by atoms with van der Waals surface area (Å²) in [5, 5.41) is 24.3. The number of ether oxygens (including phenoxy) is 1. The number of benzene rings is 3. The highest BCUT2D eigenvalue weighted by Crippen LogP contribution is 2.23. The number of phenols is 1. The van der Waals surface area contributed by atoms with Gasteiger partial charge in [-0.05, 0) is 67.1 Å². The fourth-order valence-corrected chi connectivity index (χ4v) is 2.53. The molecular weight excluding hydrogens is 366 g/mol. The zero-order valence-corrected chi connectivity index (χ0v) is 15.7. The monoisotopic (exact) mass is 385 g/mol. The van der Waals surface area contributed by atoms with Gasteiger partial charge in [0.15, 0.2) is 0 Å². The van der Waals surface area contributed by atoms with Crippen LogP contribution in [0.1, 0.15) is 5.56 Å². The second-order valence-corrected chi connectivity index (χ2v) is 6.21. The Bertz CT molecular complexity index is 1070. The van der Waals surface area contributed by atoms with Gasteiger partial charge in [0.05, 0.1) is 0 Å². The predicted molar refractivity (Wildman–Crippen MR) is 112 cm³/mol. The third-order valence-electron chi connectivity index (χ3n) is 4.04. The lowest BCUT2D eigenvalue weighted by Gasteiger charge is -2.09. The first-order chi connectivity index (χ1) is 14.0. The molecule has 0 saturated carbocycles. The molecule has 144 valence electrons. The number of hydrogen-bond donors (Lipinski definition) is 3. The predicted octanol–water partition coefficient (Wildman–Crippen LogP) is 4.95. The van der Waals surface area contributed by atoms with Gasteiger partial charge >= 0.3 is 0 Å². The average Bonchev–Trinajstić information content (AvgIpc) is 2.72. The quantitative estimate of drug-likeness (QED) is 0.317. The fraction of sp³-hybridized carbons (Fsp3) is 0.0435. The van der Waals surface area contributed by atoms with E-state index >= 15 is 0 Å². The second kappa shape index (κ2) is 9.11. The van der Waals surface area contributed by atoms with Crippen LogP contribution in [0.15, 0.2) is 84.6 Å². The summed E-state index contributed by atoms with van der Waals surface area (Å²) in [5.74, 6) is 0.976. The van der Waals surface area contributed by atoms with Crippen molar-refractivity contribution < 1.29 is 14.6 Å². The molecule has 0 fully saturated rings. The van der Waals surface area contributed by atoms with Gasteiger partial charge in [-0.2, -0.15) is 5.26 Å². The van der Waals surface area contributed by atoms with E-state index in [0.717, 1.165) is 5.75 Å². The van der Waals surface area contributed by atoms with E-state index < -0.39 is 5.91 Å². The molecule has 29 heavy (non-hydrogen) atoms. The number of nitrogens with one attached hydrogen (secondary N) is 2. The molecule has 3 rings (SSSR count). The SMILES string of the molecule is Cc1cc(O)ccc1NC(=O)/C(C#N)=C\Nc1ccc(Oc2ccccc2)cc1. The third kappa shape index (κ3) is 5.37. The van der Waals surface area contributed by atoms with E-state index in [2.05, 4.69) is 10.6 Å². The maximum atomic E-state index is 12.3.